The van der Waals surface area contributed by atoms with Crippen molar-refractivity contribution in [3.63, 3.8) is 0 Å². The minimum atomic E-state index is -0.0398. The second-order valence-electron chi connectivity index (χ2n) is 6.01. The number of nitrogen functional groups attached to an aromatic ring is 1. The van der Waals surface area contributed by atoms with Gasteiger partial charge in [0.25, 0.3) is 5.91 Å². The maximum absolute atomic E-state index is 12.7. The standard InChI is InChI=1S/C15H21N3O3/c1-9-6-18(7-12(9)17(2)3)15(19)10-4-13-14(5-11(10)16)21-8-20-13/h4-5,9,12H,6-8,16H2,1-3H3. The van der Waals surface area contributed by atoms with Crippen LogP contribution in [0.25, 0.3) is 0 Å². The molecule has 2 unspecified atom stereocenters. The van der Waals surface area contributed by atoms with Gasteiger partial charge in [0.2, 0.25) is 6.79 Å². The van der Waals surface area contributed by atoms with Crippen LogP contribution in [0.2, 0.25) is 0 Å². The average Bonchev–Trinajstić information content (AvgIpc) is 3.02. The van der Waals surface area contributed by atoms with E-state index in [1.54, 1.807) is 12.1 Å². The van der Waals surface area contributed by atoms with Gasteiger partial charge >= 0.3 is 0 Å². The first kappa shape index (κ1) is 14.0. The number of carbonyl (C=O) groups excluding carboxylic acids is 1. The van der Waals surface area contributed by atoms with Crippen LogP contribution in [-0.4, -0.2) is 55.7 Å². The van der Waals surface area contributed by atoms with Gasteiger partial charge in [-0.2, -0.15) is 0 Å². The molecule has 6 nitrogen and oxygen atoms in total. The van der Waals surface area contributed by atoms with Crippen LogP contribution in [0.1, 0.15) is 17.3 Å². The van der Waals surface area contributed by atoms with E-state index in [9.17, 15) is 4.79 Å². The van der Waals surface area contributed by atoms with Crippen LogP contribution in [0, 0.1) is 5.92 Å². The van der Waals surface area contributed by atoms with Crippen LogP contribution in [0.4, 0.5) is 5.69 Å². The Morgan fingerprint density at radius 1 is 1.29 bits per heavy atom. The molecule has 2 atom stereocenters. The predicted octanol–water partition coefficient (Wildman–Crippen LogP) is 1.02. The molecule has 2 N–H and O–H groups in total. The van der Waals surface area contributed by atoms with Crippen molar-refractivity contribution in [2.45, 2.75) is 13.0 Å². The summed E-state index contributed by atoms with van der Waals surface area (Å²) in [5.74, 6) is 1.59. The molecule has 21 heavy (non-hydrogen) atoms. The molecule has 1 amide bonds. The fourth-order valence-electron chi connectivity index (χ4n) is 3.10. The molecule has 2 heterocycles. The van der Waals surface area contributed by atoms with Crippen LogP contribution in [-0.2, 0) is 0 Å². The number of hydrogen-bond donors (Lipinski definition) is 1. The Morgan fingerprint density at radius 3 is 2.57 bits per heavy atom. The maximum atomic E-state index is 12.7. The molecule has 3 rings (SSSR count). The molecule has 0 spiro atoms. The molecule has 0 saturated carbocycles. The third kappa shape index (κ3) is 2.40. The third-order valence-electron chi connectivity index (χ3n) is 4.30. The number of carbonyl (C=O) groups is 1. The number of benzene rings is 1. The van der Waals surface area contributed by atoms with E-state index in [4.69, 9.17) is 15.2 Å². The average molecular weight is 291 g/mol. The van der Waals surface area contributed by atoms with Gasteiger partial charge in [0.05, 0.1) is 5.56 Å². The molecule has 0 aromatic heterocycles. The van der Waals surface area contributed by atoms with Crippen molar-refractivity contribution in [2.75, 3.05) is 39.7 Å². The lowest BCUT2D eigenvalue weighted by Gasteiger charge is -2.22. The highest BCUT2D eigenvalue weighted by atomic mass is 16.7. The molecule has 2 aliphatic rings. The Balaban J connectivity index is 1.83. The molecule has 2 aliphatic heterocycles. The smallest absolute Gasteiger partial charge is 0.256 e. The number of nitrogens with zero attached hydrogens (tertiary/aromatic N) is 2. The van der Waals surface area contributed by atoms with Crippen LogP contribution in [0.3, 0.4) is 0 Å². The highest BCUT2D eigenvalue weighted by Gasteiger charge is 2.35. The zero-order chi connectivity index (χ0) is 15.1. The molecule has 114 valence electrons. The van der Waals surface area contributed by atoms with Gasteiger partial charge in [-0.1, -0.05) is 6.92 Å². The second kappa shape index (κ2) is 5.11. The number of rotatable bonds is 2. The van der Waals surface area contributed by atoms with E-state index >= 15 is 0 Å². The van der Waals surface area contributed by atoms with Gasteiger partial charge in [0, 0.05) is 30.9 Å². The number of ether oxygens (including phenoxy) is 2. The Labute approximate surface area is 124 Å². The minimum absolute atomic E-state index is 0.0398. The molecule has 6 heteroatoms. The molecule has 0 bridgehead atoms. The van der Waals surface area contributed by atoms with Crippen molar-refractivity contribution in [1.82, 2.24) is 9.80 Å². The molecule has 1 fully saturated rings. The lowest BCUT2D eigenvalue weighted by atomic mass is 10.1. The van der Waals surface area contributed by atoms with Crippen LogP contribution >= 0.6 is 0 Å². The molecule has 0 aliphatic carbocycles. The van der Waals surface area contributed by atoms with Crippen molar-refractivity contribution in [1.29, 1.82) is 0 Å². The highest BCUT2D eigenvalue weighted by Crippen LogP contribution is 2.36. The van der Waals surface area contributed by atoms with E-state index in [0.29, 0.717) is 34.7 Å². The molecule has 1 aromatic rings. The van der Waals surface area contributed by atoms with E-state index in [1.807, 2.05) is 19.0 Å². The monoisotopic (exact) mass is 291 g/mol. The van der Waals surface area contributed by atoms with Gasteiger partial charge in [-0.05, 0) is 26.1 Å². The first-order valence-corrected chi connectivity index (χ1v) is 7.12. The number of amides is 1. The third-order valence-corrected chi connectivity index (χ3v) is 4.30. The summed E-state index contributed by atoms with van der Waals surface area (Å²) in [4.78, 5) is 16.7. The summed E-state index contributed by atoms with van der Waals surface area (Å²) in [5.41, 5.74) is 6.92. The lowest BCUT2D eigenvalue weighted by Crippen LogP contribution is -2.36. The van der Waals surface area contributed by atoms with Crippen molar-refractivity contribution < 1.29 is 14.3 Å². The SMILES string of the molecule is CC1CN(C(=O)c2cc3c(cc2N)OCO3)CC1N(C)C. The fraction of sp³-hybridized carbons (Fsp3) is 0.533. The fourth-order valence-corrected chi connectivity index (χ4v) is 3.10. The quantitative estimate of drug-likeness (QED) is 0.824. The van der Waals surface area contributed by atoms with Crippen molar-refractivity contribution in [3.05, 3.63) is 17.7 Å². The van der Waals surface area contributed by atoms with Crippen LogP contribution < -0.4 is 15.2 Å². The normalized spacial score (nSPS) is 23.9. The number of likely N-dealkylation sites (N-methyl/N-ethyl adjacent to an activating group) is 1. The van der Waals surface area contributed by atoms with Crippen LogP contribution in [0.15, 0.2) is 12.1 Å². The Morgan fingerprint density at radius 2 is 1.95 bits per heavy atom. The maximum Gasteiger partial charge on any atom is 0.256 e. The van der Waals surface area contributed by atoms with E-state index < -0.39 is 0 Å². The summed E-state index contributed by atoms with van der Waals surface area (Å²) in [6.45, 7) is 3.81. The zero-order valence-corrected chi connectivity index (χ0v) is 12.6. The summed E-state index contributed by atoms with van der Waals surface area (Å²) < 4.78 is 10.6. The molecular weight excluding hydrogens is 270 g/mol. The summed E-state index contributed by atoms with van der Waals surface area (Å²) in [6, 6.07) is 3.73. The first-order chi connectivity index (χ1) is 9.97. The lowest BCUT2D eigenvalue weighted by molar-refractivity contribution is 0.0782. The predicted molar refractivity (Wildman–Crippen MR) is 79.5 cm³/mol. The number of fused-ring (bicyclic) bond motifs is 1. The second-order valence-corrected chi connectivity index (χ2v) is 6.01. The molecule has 0 radical (unpaired) electrons. The largest absolute Gasteiger partial charge is 0.454 e. The van der Waals surface area contributed by atoms with E-state index in [-0.39, 0.29) is 12.7 Å². The van der Waals surface area contributed by atoms with Crippen molar-refractivity contribution in [3.8, 4) is 11.5 Å². The first-order valence-electron chi connectivity index (χ1n) is 7.12. The molecule has 1 aromatic carbocycles. The summed E-state index contributed by atoms with van der Waals surface area (Å²) in [6.07, 6.45) is 0. The van der Waals surface area contributed by atoms with E-state index in [0.717, 1.165) is 13.1 Å². The van der Waals surface area contributed by atoms with E-state index in [2.05, 4.69) is 11.8 Å². The summed E-state index contributed by atoms with van der Waals surface area (Å²) in [7, 11) is 4.09. The van der Waals surface area contributed by atoms with Crippen molar-refractivity contribution >= 4 is 11.6 Å². The Hall–Kier alpha value is -1.95. The molecule has 1 saturated heterocycles. The topological polar surface area (TPSA) is 68.0 Å². The summed E-state index contributed by atoms with van der Waals surface area (Å²) in [5, 5.41) is 0. The highest BCUT2D eigenvalue weighted by molar-refractivity contribution is 6.00. The summed E-state index contributed by atoms with van der Waals surface area (Å²) >= 11 is 0. The number of anilines is 1. The van der Waals surface area contributed by atoms with Gasteiger partial charge in [0.1, 0.15) is 0 Å². The molecular formula is C15H21N3O3. The van der Waals surface area contributed by atoms with Gasteiger partial charge in [-0.15, -0.1) is 0 Å². The van der Waals surface area contributed by atoms with Crippen molar-refractivity contribution in [2.24, 2.45) is 5.92 Å². The zero-order valence-electron chi connectivity index (χ0n) is 12.6. The minimum Gasteiger partial charge on any atom is -0.454 e. The number of likely N-dealkylation sites (tertiary alicyclic amines) is 1. The van der Waals surface area contributed by atoms with Gasteiger partial charge in [0.15, 0.2) is 11.5 Å². The Kier molecular flexibility index (Phi) is 3.41. The van der Waals surface area contributed by atoms with Gasteiger partial charge in [-0.3, -0.25) is 4.79 Å². The Bertz CT molecular complexity index is 574. The van der Waals surface area contributed by atoms with Gasteiger partial charge in [-0.25, -0.2) is 0 Å². The van der Waals surface area contributed by atoms with E-state index in [1.165, 1.54) is 0 Å². The van der Waals surface area contributed by atoms with Gasteiger partial charge < -0.3 is 25.0 Å². The number of nitrogens with two attached hydrogens (primary N) is 1. The number of hydrogen-bond acceptors (Lipinski definition) is 5. The van der Waals surface area contributed by atoms with Crippen LogP contribution in [0.5, 0.6) is 11.5 Å².